The van der Waals surface area contributed by atoms with Gasteiger partial charge in [-0.2, -0.15) is 0 Å². The molecular weight excluding hydrogens is 983 g/mol. The second kappa shape index (κ2) is 26.2. The number of hydrogen-bond donors (Lipinski definition) is 0. The molecule has 0 aromatic heterocycles. The van der Waals surface area contributed by atoms with E-state index in [0.29, 0.717) is 0 Å². The summed E-state index contributed by atoms with van der Waals surface area (Å²) in [6.45, 7) is 0. The Bertz CT molecular complexity index is 2340. The fourth-order valence-electron chi connectivity index (χ4n) is 9.57. The summed E-state index contributed by atoms with van der Waals surface area (Å²) in [4.78, 5) is 37.0. The van der Waals surface area contributed by atoms with Gasteiger partial charge in [0.15, 0.2) is 0 Å². The SMILES string of the molecule is O=C([O-])CC(c1ccccc1)(c1ccccc1)c1ccccc1.O=C([O-])CC(c1ccccc1)(c1ccccc1)c1ccccc1.O=C([O-])CC(c1ccccc1)(c1ccccc1)c1ccccc1.[CH3][Sn+3]. The molecule has 9 aromatic rings. The maximum absolute atomic E-state index is 11.6. The van der Waals surface area contributed by atoms with Crippen LogP contribution in [0.3, 0.4) is 0 Å². The number of carboxylic acid groups (broad SMARTS) is 3. The molecule has 71 heavy (non-hydrogen) atoms. The van der Waals surface area contributed by atoms with Gasteiger partial charge in [0, 0.05) is 37.2 Å². The van der Waals surface area contributed by atoms with E-state index in [0.717, 1.165) is 50.1 Å². The maximum atomic E-state index is 11.6. The van der Waals surface area contributed by atoms with Crippen LogP contribution in [-0.2, 0) is 30.6 Å². The number of carbonyl (C=O) groups is 3. The fraction of sp³-hybridized carbons (Fsp3) is 0.109. The second-order valence-electron chi connectivity index (χ2n) is 16.7. The third kappa shape index (κ3) is 12.7. The summed E-state index contributed by atoms with van der Waals surface area (Å²) in [5.74, 6) is -3.20. The van der Waals surface area contributed by atoms with E-state index < -0.39 is 34.2 Å². The molecule has 0 heterocycles. The topological polar surface area (TPSA) is 120 Å². The molecule has 9 aromatic carbocycles. The summed E-state index contributed by atoms with van der Waals surface area (Å²) in [5.41, 5.74) is 6.23. The van der Waals surface area contributed by atoms with Gasteiger partial charge in [0.05, 0.1) is 16.2 Å². The van der Waals surface area contributed by atoms with Crippen molar-refractivity contribution >= 4 is 40.4 Å². The molecule has 0 saturated carbocycles. The first kappa shape index (κ1) is 52.6. The summed E-state index contributed by atoms with van der Waals surface area (Å²) in [6, 6.07) is 87.8. The molecule has 0 radical (unpaired) electrons. The number of rotatable bonds is 15. The van der Waals surface area contributed by atoms with Crippen LogP contribution in [0, 0.1) is 0 Å². The molecule has 0 spiro atoms. The van der Waals surface area contributed by atoms with E-state index in [9.17, 15) is 29.7 Å². The van der Waals surface area contributed by atoms with Crippen LogP contribution >= 0.6 is 0 Å². The van der Waals surface area contributed by atoms with Gasteiger partial charge in [-0.1, -0.05) is 273 Å². The summed E-state index contributed by atoms with van der Waals surface area (Å²) in [6.07, 6.45) is -0.318. The van der Waals surface area contributed by atoms with Crippen molar-refractivity contribution < 1.29 is 29.7 Å². The number of benzene rings is 9. The van der Waals surface area contributed by atoms with Crippen LogP contribution in [0.15, 0.2) is 273 Å². The van der Waals surface area contributed by atoms with Crippen LogP contribution in [-0.4, -0.2) is 40.4 Å². The van der Waals surface area contributed by atoms with Crippen LogP contribution in [0.25, 0.3) is 0 Å². The molecule has 0 saturated heterocycles. The Hall–Kier alpha value is -7.81. The van der Waals surface area contributed by atoms with Gasteiger partial charge >= 0.3 is 27.5 Å². The van der Waals surface area contributed by atoms with Crippen molar-refractivity contribution in [3.63, 3.8) is 0 Å². The normalized spacial score (nSPS) is 10.9. The molecular formula is C64H54O6Sn. The van der Waals surface area contributed by atoms with Crippen LogP contribution < -0.4 is 15.3 Å². The van der Waals surface area contributed by atoms with Gasteiger partial charge in [-0.3, -0.25) is 0 Å². The van der Waals surface area contributed by atoms with E-state index in [1.54, 1.807) is 22.5 Å². The molecule has 0 fully saturated rings. The van der Waals surface area contributed by atoms with Crippen molar-refractivity contribution in [1.82, 2.24) is 0 Å². The first-order valence-electron chi connectivity index (χ1n) is 23.3. The van der Waals surface area contributed by atoms with E-state index in [4.69, 9.17) is 0 Å². The Morgan fingerprint density at radius 1 is 0.254 bits per heavy atom. The van der Waals surface area contributed by atoms with E-state index in [-0.39, 0.29) is 19.3 Å². The van der Waals surface area contributed by atoms with Gasteiger partial charge in [0.1, 0.15) is 0 Å². The molecule has 0 bridgehead atoms. The number of carbonyl (C=O) groups excluding carboxylic acids is 3. The molecule has 0 amide bonds. The van der Waals surface area contributed by atoms with Gasteiger partial charge in [-0.25, -0.2) is 0 Å². The second-order valence-corrected chi connectivity index (χ2v) is 16.7. The van der Waals surface area contributed by atoms with Crippen molar-refractivity contribution in [3.8, 4) is 0 Å². The molecule has 9 rings (SSSR count). The Labute approximate surface area is 431 Å². The third-order valence-electron chi connectivity index (χ3n) is 12.6. The Kier molecular flexibility index (Phi) is 19.4. The Morgan fingerprint density at radius 3 is 0.437 bits per heavy atom. The Balaban J connectivity index is 0.000000171. The average Bonchev–Trinajstić information content (AvgIpc) is 3.44. The minimum atomic E-state index is -1.07. The van der Waals surface area contributed by atoms with Crippen LogP contribution in [0.2, 0.25) is 4.94 Å². The third-order valence-corrected chi connectivity index (χ3v) is 12.6. The van der Waals surface area contributed by atoms with Gasteiger partial charge < -0.3 is 29.7 Å². The van der Waals surface area contributed by atoms with E-state index in [2.05, 4.69) is 4.94 Å². The van der Waals surface area contributed by atoms with Crippen LogP contribution in [0.4, 0.5) is 0 Å². The van der Waals surface area contributed by atoms with Crippen LogP contribution in [0.1, 0.15) is 69.3 Å². The number of hydrogen-bond acceptors (Lipinski definition) is 6. The molecule has 350 valence electrons. The molecule has 0 unspecified atom stereocenters. The van der Waals surface area contributed by atoms with Crippen molar-refractivity contribution in [2.45, 2.75) is 40.4 Å². The zero-order valence-electron chi connectivity index (χ0n) is 39.6. The predicted octanol–water partition coefficient (Wildman–Crippen LogP) is 9.69. The molecule has 0 N–H and O–H groups in total. The van der Waals surface area contributed by atoms with Gasteiger partial charge in [0.2, 0.25) is 0 Å². The van der Waals surface area contributed by atoms with Gasteiger partial charge in [-0.05, 0) is 50.1 Å². The van der Waals surface area contributed by atoms with Crippen molar-refractivity contribution in [3.05, 3.63) is 323 Å². The van der Waals surface area contributed by atoms with Crippen molar-refractivity contribution in [1.29, 1.82) is 0 Å². The average molecular weight is 1040 g/mol. The molecule has 0 atom stereocenters. The molecule has 0 aliphatic rings. The molecule has 0 aliphatic heterocycles. The van der Waals surface area contributed by atoms with Gasteiger partial charge in [-0.15, -0.1) is 0 Å². The quantitative estimate of drug-likeness (QED) is 0.0746. The zero-order valence-corrected chi connectivity index (χ0v) is 42.4. The molecule has 0 aliphatic carbocycles. The number of aliphatic carboxylic acids is 3. The zero-order chi connectivity index (χ0) is 50.4. The van der Waals surface area contributed by atoms with E-state index in [1.165, 1.54) is 0 Å². The summed E-state index contributed by atoms with van der Waals surface area (Å²) in [5, 5.41) is 34.9. The molecule has 7 heteroatoms. The van der Waals surface area contributed by atoms with E-state index in [1.807, 2.05) is 273 Å². The summed E-state index contributed by atoms with van der Waals surface area (Å²) in [7, 11) is 0. The standard InChI is InChI=1S/3C21H18O2.CH3.Sn/c3*22-20(23)16-21(17-10-4-1-5-11-17,18-12-6-2-7-13-18)19-14-8-3-9-15-19;;/h3*1-15H,16H2,(H,22,23);1H3;/q;;;;+3/p-3. The first-order valence-corrected chi connectivity index (χ1v) is 26.1. The summed E-state index contributed by atoms with van der Waals surface area (Å²) < 4.78 is 0. The Morgan fingerprint density at radius 2 is 0.352 bits per heavy atom. The predicted molar refractivity (Wildman–Crippen MR) is 278 cm³/mol. The van der Waals surface area contributed by atoms with E-state index >= 15 is 0 Å². The fourth-order valence-corrected chi connectivity index (χ4v) is 9.57. The van der Waals surface area contributed by atoms with Crippen LogP contribution in [0.5, 0.6) is 0 Å². The first-order chi connectivity index (χ1) is 34.7. The number of carboxylic acids is 3. The minimum absolute atomic E-state index is 0.106. The summed E-state index contributed by atoms with van der Waals surface area (Å²) >= 11 is 1.55. The monoisotopic (exact) mass is 1040 g/mol. The molecule has 6 nitrogen and oxygen atoms in total. The van der Waals surface area contributed by atoms with Crippen molar-refractivity contribution in [2.75, 3.05) is 0 Å². The van der Waals surface area contributed by atoms with Gasteiger partial charge in [0.25, 0.3) is 0 Å². The van der Waals surface area contributed by atoms with Crippen molar-refractivity contribution in [2.24, 2.45) is 0 Å².